The lowest BCUT2D eigenvalue weighted by Gasteiger charge is -2.14. The fourth-order valence-corrected chi connectivity index (χ4v) is 2.93. The lowest BCUT2D eigenvalue weighted by Crippen LogP contribution is -2.26. The molecule has 0 aromatic carbocycles. The van der Waals surface area contributed by atoms with E-state index in [4.69, 9.17) is 9.97 Å². The van der Waals surface area contributed by atoms with Crippen LogP contribution in [0.5, 0.6) is 0 Å². The van der Waals surface area contributed by atoms with Gasteiger partial charge in [-0.25, -0.2) is 9.97 Å². The van der Waals surface area contributed by atoms with Gasteiger partial charge in [-0.15, -0.1) is 11.3 Å². The summed E-state index contributed by atoms with van der Waals surface area (Å²) < 4.78 is 0. The molecule has 0 saturated heterocycles. The third kappa shape index (κ3) is 4.08. The number of nitrogens with zero attached hydrogens (tertiary/aromatic N) is 3. The summed E-state index contributed by atoms with van der Waals surface area (Å²) in [5, 5.41) is 3.48. The molecule has 2 aromatic heterocycles. The quantitative estimate of drug-likeness (QED) is 0.853. The molecule has 0 atom stereocenters. The van der Waals surface area contributed by atoms with Gasteiger partial charge in [-0.2, -0.15) is 0 Å². The highest BCUT2D eigenvalue weighted by molar-refractivity contribution is 7.13. The summed E-state index contributed by atoms with van der Waals surface area (Å²) in [6.45, 7) is 9.64. The summed E-state index contributed by atoms with van der Waals surface area (Å²) in [4.78, 5) is 14.7. The molecule has 0 amide bonds. The molecular formula is C16H24N4S. The van der Waals surface area contributed by atoms with Crippen molar-refractivity contribution in [2.24, 2.45) is 0 Å². The summed E-state index contributed by atoms with van der Waals surface area (Å²) in [7, 11) is 0. The van der Waals surface area contributed by atoms with Crippen LogP contribution in [-0.2, 0) is 19.3 Å². The molecule has 21 heavy (non-hydrogen) atoms. The molecule has 0 aliphatic rings. The van der Waals surface area contributed by atoms with Crippen LogP contribution in [0.4, 0.5) is 0 Å². The standard InChI is InChI=1S/C16H24N4S/c1-5-13-12(7-8-18-11(3)4)14(6-2)20-16(19-13)15-9-17-10-21-15/h9-11,18H,5-8H2,1-4H3. The molecule has 0 saturated carbocycles. The van der Waals surface area contributed by atoms with Crippen molar-refractivity contribution in [3.8, 4) is 10.7 Å². The van der Waals surface area contributed by atoms with Crippen LogP contribution in [0.3, 0.4) is 0 Å². The molecule has 0 radical (unpaired) electrons. The van der Waals surface area contributed by atoms with Crippen molar-refractivity contribution < 1.29 is 0 Å². The van der Waals surface area contributed by atoms with E-state index in [1.807, 2.05) is 11.7 Å². The van der Waals surface area contributed by atoms with E-state index in [0.717, 1.165) is 36.5 Å². The second-order valence-corrected chi connectivity index (χ2v) is 6.24. The van der Waals surface area contributed by atoms with E-state index in [2.05, 4.69) is 38.0 Å². The van der Waals surface area contributed by atoms with Gasteiger partial charge < -0.3 is 5.32 Å². The van der Waals surface area contributed by atoms with Crippen LogP contribution in [0.2, 0.25) is 0 Å². The number of aryl methyl sites for hydroxylation is 2. The molecule has 0 unspecified atom stereocenters. The Bertz CT molecular complexity index is 539. The predicted octanol–water partition coefficient (Wildman–Crippen LogP) is 3.27. The first-order chi connectivity index (χ1) is 10.2. The summed E-state index contributed by atoms with van der Waals surface area (Å²) in [6, 6.07) is 0.512. The van der Waals surface area contributed by atoms with Crippen LogP contribution >= 0.6 is 11.3 Å². The first kappa shape index (κ1) is 16.0. The Kier molecular flexibility index (Phi) is 5.82. The highest BCUT2D eigenvalue weighted by Gasteiger charge is 2.14. The minimum atomic E-state index is 0.512. The van der Waals surface area contributed by atoms with E-state index in [-0.39, 0.29) is 0 Å². The van der Waals surface area contributed by atoms with Crippen molar-refractivity contribution in [1.82, 2.24) is 20.3 Å². The summed E-state index contributed by atoms with van der Waals surface area (Å²) in [5.74, 6) is 0.826. The molecule has 0 spiro atoms. The molecule has 114 valence electrons. The molecule has 0 aliphatic carbocycles. The van der Waals surface area contributed by atoms with Gasteiger partial charge in [0, 0.05) is 23.6 Å². The smallest absolute Gasteiger partial charge is 0.171 e. The van der Waals surface area contributed by atoms with E-state index in [1.54, 1.807) is 11.3 Å². The monoisotopic (exact) mass is 304 g/mol. The van der Waals surface area contributed by atoms with Gasteiger partial charge >= 0.3 is 0 Å². The highest BCUT2D eigenvalue weighted by atomic mass is 32.1. The third-order valence-corrected chi connectivity index (χ3v) is 4.20. The summed E-state index contributed by atoms with van der Waals surface area (Å²) >= 11 is 1.59. The molecule has 0 aliphatic heterocycles. The summed E-state index contributed by atoms with van der Waals surface area (Å²) in [6.07, 6.45) is 4.73. The average molecular weight is 304 g/mol. The minimum absolute atomic E-state index is 0.512. The van der Waals surface area contributed by atoms with Gasteiger partial charge in [0.25, 0.3) is 0 Å². The van der Waals surface area contributed by atoms with Crippen molar-refractivity contribution in [2.45, 2.75) is 53.0 Å². The molecule has 0 bridgehead atoms. The van der Waals surface area contributed by atoms with E-state index in [0.29, 0.717) is 6.04 Å². The Morgan fingerprint density at radius 1 is 1.14 bits per heavy atom. The zero-order valence-corrected chi connectivity index (χ0v) is 14.1. The molecule has 4 nitrogen and oxygen atoms in total. The lowest BCUT2D eigenvalue weighted by atomic mass is 10.0. The SMILES string of the molecule is CCc1nc(-c2cncs2)nc(CC)c1CCNC(C)C. The normalized spacial score (nSPS) is 11.3. The van der Waals surface area contributed by atoms with Crippen LogP contribution in [0, 0.1) is 0 Å². The molecule has 2 aromatic rings. The minimum Gasteiger partial charge on any atom is -0.314 e. The van der Waals surface area contributed by atoms with Crippen LogP contribution in [0.1, 0.15) is 44.6 Å². The van der Waals surface area contributed by atoms with Gasteiger partial charge in [-0.1, -0.05) is 27.7 Å². The largest absolute Gasteiger partial charge is 0.314 e. The number of hydrogen-bond donors (Lipinski definition) is 1. The second kappa shape index (κ2) is 7.61. The Hall–Kier alpha value is -1.33. The van der Waals surface area contributed by atoms with Crippen molar-refractivity contribution >= 4 is 11.3 Å². The van der Waals surface area contributed by atoms with Crippen molar-refractivity contribution in [3.05, 3.63) is 28.7 Å². The Balaban J connectivity index is 2.31. The molecule has 2 heterocycles. The first-order valence-corrected chi connectivity index (χ1v) is 8.54. The van der Waals surface area contributed by atoms with Crippen LogP contribution < -0.4 is 5.32 Å². The maximum Gasteiger partial charge on any atom is 0.171 e. The molecule has 0 fully saturated rings. The number of hydrogen-bond acceptors (Lipinski definition) is 5. The van der Waals surface area contributed by atoms with Gasteiger partial charge in [0.1, 0.15) is 0 Å². The van der Waals surface area contributed by atoms with Crippen LogP contribution in [0.25, 0.3) is 10.7 Å². The van der Waals surface area contributed by atoms with Gasteiger partial charge in [0.2, 0.25) is 0 Å². The zero-order valence-electron chi connectivity index (χ0n) is 13.3. The maximum atomic E-state index is 4.77. The Morgan fingerprint density at radius 2 is 1.81 bits per heavy atom. The predicted molar refractivity (Wildman–Crippen MR) is 88.7 cm³/mol. The van der Waals surface area contributed by atoms with E-state index >= 15 is 0 Å². The highest BCUT2D eigenvalue weighted by Crippen LogP contribution is 2.23. The van der Waals surface area contributed by atoms with Gasteiger partial charge in [-0.05, 0) is 31.4 Å². The zero-order chi connectivity index (χ0) is 15.2. The maximum absolute atomic E-state index is 4.77. The topological polar surface area (TPSA) is 50.7 Å². The van der Waals surface area contributed by atoms with E-state index < -0.39 is 0 Å². The van der Waals surface area contributed by atoms with Crippen molar-refractivity contribution in [2.75, 3.05) is 6.54 Å². The fourth-order valence-electron chi connectivity index (χ4n) is 2.38. The number of rotatable bonds is 7. The lowest BCUT2D eigenvalue weighted by molar-refractivity contribution is 0.586. The van der Waals surface area contributed by atoms with Crippen LogP contribution in [-0.4, -0.2) is 27.5 Å². The molecule has 1 N–H and O–H groups in total. The Labute approximate surface area is 131 Å². The van der Waals surface area contributed by atoms with Crippen molar-refractivity contribution in [1.29, 1.82) is 0 Å². The van der Waals surface area contributed by atoms with Gasteiger partial charge in [0.15, 0.2) is 5.82 Å². The third-order valence-electron chi connectivity index (χ3n) is 3.43. The molecule has 5 heteroatoms. The molecule has 2 rings (SSSR count). The number of nitrogens with one attached hydrogen (secondary N) is 1. The second-order valence-electron chi connectivity index (χ2n) is 5.35. The number of thiazole rings is 1. The molecular weight excluding hydrogens is 280 g/mol. The van der Waals surface area contributed by atoms with Gasteiger partial charge in [0.05, 0.1) is 10.4 Å². The number of aromatic nitrogens is 3. The van der Waals surface area contributed by atoms with E-state index in [1.165, 1.54) is 17.0 Å². The van der Waals surface area contributed by atoms with Crippen LogP contribution in [0.15, 0.2) is 11.7 Å². The Morgan fingerprint density at radius 3 is 2.29 bits per heavy atom. The first-order valence-electron chi connectivity index (χ1n) is 7.66. The van der Waals surface area contributed by atoms with E-state index in [9.17, 15) is 0 Å². The fraction of sp³-hybridized carbons (Fsp3) is 0.562. The van der Waals surface area contributed by atoms with Gasteiger partial charge in [-0.3, -0.25) is 4.98 Å². The summed E-state index contributed by atoms with van der Waals surface area (Å²) in [5.41, 5.74) is 5.50. The average Bonchev–Trinajstić information content (AvgIpc) is 3.00. The van der Waals surface area contributed by atoms with Crippen molar-refractivity contribution in [3.63, 3.8) is 0 Å².